The van der Waals surface area contributed by atoms with Crippen LogP contribution in [0.3, 0.4) is 0 Å². The molecule has 0 fully saturated rings. The molecule has 0 radical (unpaired) electrons. The van der Waals surface area contributed by atoms with Crippen molar-refractivity contribution in [3.8, 4) is 0 Å². The lowest BCUT2D eigenvalue weighted by atomic mass is 10.3. The molecule has 14 heavy (non-hydrogen) atoms. The second-order valence-corrected chi connectivity index (χ2v) is 2.69. The molecular formula is C8H10F3N3. The van der Waals surface area contributed by atoms with Crippen LogP contribution in [0, 0.1) is 0 Å². The van der Waals surface area contributed by atoms with Gasteiger partial charge in [0.05, 0.1) is 5.69 Å². The van der Waals surface area contributed by atoms with E-state index < -0.39 is 11.9 Å². The Kier molecular flexibility index (Phi) is 3.40. The lowest BCUT2D eigenvalue weighted by Gasteiger charge is -2.05. The fourth-order valence-corrected chi connectivity index (χ4v) is 0.858. The summed E-state index contributed by atoms with van der Waals surface area (Å²) in [4.78, 5) is 0. The molecule has 0 atom stereocenters. The SMILES string of the molecule is CCNCc1ccc(C(F)(F)F)nn1. The molecule has 1 aromatic rings. The van der Waals surface area contributed by atoms with Crippen LogP contribution >= 0.6 is 0 Å². The largest absolute Gasteiger partial charge is 0.435 e. The van der Waals surface area contributed by atoms with Gasteiger partial charge in [0, 0.05) is 6.54 Å². The van der Waals surface area contributed by atoms with Crippen LogP contribution in [0.25, 0.3) is 0 Å². The first-order chi connectivity index (χ1) is 6.54. The molecular weight excluding hydrogens is 195 g/mol. The lowest BCUT2D eigenvalue weighted by Crippen LogP contribution is -2.15. The first kappa shape index (κ1) is 10.9. The minimum atomic E-state index is -4.41. The smallest absolute Gasteiger partial charge is 0.311 e. The molecule has 0 aliphatic heterocycles. The molecule has 1 aromatic heterocycles. The molecule has 0 aliphatic rings. The van der Waals surface area contributed by atoms with E-state index in [1.165, 1.54) is 6.07 Å². The fourth-order valence-electron chi connectivity index (χ4n) is 0.858. The zero-order valence-corrected chi connectivity index (χ0v) is 7.60. The third kappa shape index (κ3) is 2.95. The predicted molar refractivity (Wildman–Crippen MR) is 44.4 cm³/mol. The maximum Gasteiger partial charge on any atom is 0.435 e. The van der Waals surface area contributed by atoms with Crippen molar-refractivity contribution in [2.45, 2.75) is 19.6 Å². The van der Waals surface area contributed by atoms with Crippen molar-refractivity contribution < 1.29 is 13.2 Å². The second kappa shape index (κ2) is 4.36. The van der Waals surface area contributed by atoms with E-state index in [0.29, 0.717) is 12.2 Å². The Morgan fingerprint density at radius 2 is 2.00 bits per heavy atom. The number of hydrogen-bond acceptors (Lipinski definition) is 3. The van der Waals surface area contributed by atoms with Crippen LogP contribution in [-0.2, 0) is 12.7 Å². The highest BCUT2D eigenvalue weighted by molar-refractivity contribution is 5.09. The van der Waals surface area contributed by atoms with Crippen molar-refractivity contribution >= 4 is 0 Å². The van der Waals surface area contributed by atoms with Gasteiger partial charge in [-0.2, -0.15) is 18.3 Å². The number of nitrogens with zero attached hydrogens (tertiary/aromatic N) is 2. The molecule has 0 saturated heterocycles. The van der Waals surface area contributed by atoms with E-state index in [1.54, 1.807) is 0 Å². The van der Waals surface area contributed by atoms with E-state index in [9.17, 15) is 13.2 Å². The molecule has 0 aromatic carbocycles. The summed E-state index contributed by atoms with van der Waals surface area (Å²) in [6, 6.07) is 2.25. The molecule has 78 valence electrons. The van der Waals surface area contributed by atoms with Gasteiger partial charge in [0.25, 0.3) is 0 Å². The summed E-state index contributed by atoms with van der Waals surface area (Å²) in [6.07, 6.45) is -4.41. The topological polar surface area (TPSA) is 37.8 Å². The number of alkyl halides is 3. The first-order valence-corrected chi connectivity index (χ1v) is 4.14. The molecule has 1 rings (SSSR count). The summed E-state index contributed by atoms with van der Waals surface area (Å²) in [5, 5.41) is 9.48. The van der Waals surface area contributed by atoms with Crippen LogP contribution < -0.4 is 5.32 Å². The highest BCUT2D eigenvalue weighted by atomic mass is 19.4. The monoisotopic (exact) mass is 205 g/mol. The predicted octanol–water partition coefficient (Wildman–Crippen LogP) is 1.60. The summed E-state index contributed by atoms with van der Waals surface area (Å²) >= 11 is 0. The highest BCUT2D eigenvalue weighted by Crippen LogP contribution is 2.26. The zero-order chi connectivity index (χ0) is 10.6. The minimum absolute atomic E-state index is 0.432. The molecule has 0 unspecified atom stereocenters. The third-order valence-electron chi connectivity index (χ3n) is 1.57. The minimum Gasteiger partial charge on any atom is -0.311 e. The van der Waals surface area contributed by atoms with Crippen LogP contribution in [-0.4, -0.2) is 16.7 Å². The number of hydrogen-bond donors (Lipinski definition) is 1. The summed E-state index contributed by atoms with van der Waals surface area (Å²) in [7, 11) is 0. The fraction of sp³-hybridized carbons (Fsp3) is 0.500. The maximum atomic E-state index is 12.1. The van der Waals surface area contributed by atoms with Gasteiger partial charge >= 0.3 is 6.18 Å². The van der Waals surface area contributed by atoms with Crippen molar-refractivity contribution in [2.75, 3.05) is 6.54 Å². The lowest BCUT2D eigenvalue weighted by molar-refractivity contribution is -0.141. The summed E-state index contributed by atoms with van der Waals surface area (Å²) < 4.78 is 36.2. The Morgan fingerprint density at radius 3 is 2.43 bits per heavy atom. The quantitative estimate of drug-likeness (QED) is 0.814. The number of nitrogens with one attached hydrogen (secondary N) is 1. The Hall–Kier alpha value is -1.17. The van der Waals surface area contributed by atoms with Crippen LogP contribution in [0.2, 0.25) is 0 Å². The van der Waals surface area contributed by atoms with Gasteiger partial charge in [-0.1, -0.05) is 6.92 Å². The molecule has 1 heterocycles. The van der Waals surface area contributed by atoms with Gasteiger partial charge in [-0.15, -0.1) is 5.10 Å². The van der Waals surface area contributed by atoms with E-state index in [-0.39, 0.29) is 0 Å². The van der Waals surface area contributed by atoms with Gasteiger partial charge < -0.3 is 5.32 Å². The number of halogens is 3. The third-order valence-corrected chi connectivity index (χ3v) is 1.57. The Balaban J connectivity index is 2.69. The van der Waals surface area contributed by atoms with E-state index in [2.05, 4.69) is 15.5 Å². The molecule has 1 N–H and O–H groups in total. The normalized spacial score (nSPS) is 11.7. The van der Waals surface area contributed by atoms with E-state index in [1.807, 2.05) is 6.92 Å². The van der Waals surface area contributed by atoms with Gasteiger partial charge in [0.2, 0.25) is 0 Å². The zero-order valence-electron chi connectivity index (χ0n) is 7.60. The molecule has 0 amide bonds. The van der Waals surface area contributed by atoms with Gasteiger partial charge in [0.15, 0.2) is 5.69 Å². The van der Waals surface area contributed by atoms with Crippen LogP contribution in [0.5, 0.6) is 0 Å². The number of aromatic nitrogens is 2. The van der Waals surface area contributed by atoms with Crippen LogP contribution in [0.1, 0.15) is 18.3 Å². The Bertz CT molecular complexity index is 281. The van der Waals surface area contributed by atoms with Crippen molar-refractivity contribution in [2.24, 2.45) is 0 Å². The van der Waals surface area contributed by atoms with Crippen molar-refractivity contribution in [1.29, 1.82) is 0 Å². The molecule has 0 saturated carbocycles. The average molecular weight is 205 g/mol. The average Bonchev–Trinajstić information content (AvgIpc) is 2.14. The highest BCUT2D eigenvalue weighted by Gasteiger charge is 2.32. The molecule has 0 bridgehead atoms. The second-order valence-electron chi connectivity index (χ2n) is 2.69. The van der Waals surface area contributed by atoms with Crippen molar-refractivity contribution in [3.05, 3.63) is 23.5 Å². The molecule has 6 heteroatoms. The van der Waals surface area contributed by atoms with E-state index >= 15 is 0 Å². The van der Waals surface area contributed by atoms with Gasteiger partial charge in [-0.25, -0.2) is 0 Å². The first-order valence-electron chi connectivity index (χ1n) is 4.14. The standard InChI is InChI=1S/C8H10F3N3/c1-2-12-5-6-3-4-7(14-13-6)8(9,10)11/h3-4,12H,2,5H2,1H3. The summed E-state index contributed by atoms with van der Waals surface area (Å²) in [6.45, 7) is 3.07. The van der Waals surface area contributed by atoms with Gasteiger partial charge in [0.1, 0.15) is 0 Å². The van der Waals surface area contributed by atoms with Crippen molar-refractivity contribution in [1.82, 2.24) is 15.5 Å². The van der Waals surface area contributed by atoms with Crippen LogP contribution in [0.4, 0.5) is 13.2 Å². The van der Waals surface area contributed by atoms with Gasteiger partial charge in [-0.3, -0.25) is 0 Å². The van der Waals surface area contributed by atoms with E-state index in [0.717, 1.165) is 12.6 Å². The Morgan fingerprint density at radius 1 is 1.29 bits per heavy atom. The summed E-state index contributed by atoms with van der Waals surface area (Å²) in [5.74, 6) is 0. The number of rotatable bonds is 3. The van der Waals surface area contributed by atoms with Crippen molar-refractivity contribution in [3.63, 3.8) is 0 Å². The van der Waals surface area contributed by atoms with Gasteiger partial charge in [-0.05, 0) is 18.7 Å². The maximum absolute atomic E-state index is 12.1. The molecule has 3 nitrogen and oxygen atoms in total. The molecule has 0 spiro atoms. The summed E-state index contributed by atoms with van der Waals surface area (Å²) in [5.41, 5.74) is -0.461. The van der Waals surface area contributed by atoms with E-state index in [4.69, 9.17) is 0 Å². The van der Waals surface area contributed by atoms with Crippen LogP contribution in [0.15, 0.2) is 12.1 Å². The Labute approximate surface area is 79.3 Å². The molecule has 0 aliphatic carbocycles.